The molecule has 10 nitrogen and oxygen atoms in total. The van der Waals surface area contributed by atoms with Crippen molar-refractivity contribution < 1.29 is 24.4 Å². The minimum atomic E-state index is -0.736. The molecular weight excluding hydrogens is 464 g/mol. The van der Waals surface area contributed by atoms with Gasteiger partial charge in [0, 0.05) is 24.0 Å². The van der Waals surface area contributed by atoms with Gasteiger partial charge in [0.25, 0.3) is 0 Å². The van der Waals surface area contributed by atoms with Crippen LogP contribution in [0.15, 0.2) is 35.1 Å². The summed E-state index contributed by atoms with van der Waals surface area (Å²) < 4.78 is 6.15. The standard InChI is InChI=1S/C26H40N4O6/c1-16(2)14-19(24(32)29-23(25(33)27-6)26(3,4)5)21(15-36-30-34)35-13-12-17-8-7-9-20-18(17)10-11-22(31)28-20/h7-11,16,19,21,23,30,34H,12-15H2,1-6H3,(H,27,33)(H,28,31)(H,29,32). The number of nitrogens with one attached hydrogen (secondary N) is 4. The van der Waals surface area contributed by atoms with E-state index in [0.29, 0.717) is 12.8 Å². The quantitative estimate of drug-likeness (QED) is 0.264. The second kappa shape index (κ2) is 13.5. The molecule has 2 amide bonds. The van der Waals surface area contributed by atoms with Gasteiger partial charge in [0.15, 0.2) is 0 Å². The highest BCUT2D eigenvalue weighted by atomic mass is 16.8. The van der Waals surface area contributed by atoms with E-state index in [9.17, 15) is 14.4 Å². The lowest BCUT2D eigenvalue weighted by atomic mass is 9.84. The number of aromatic amines is 1. The number of pyridine rings is 1. The predicted octanol–water partition coefficient (Wildman–Crippen LogP) is 2.31. The fourth-order valence-electron chi connectivity index (χ4n) is 4.19. The number of carbonyl (C=O) groups excluding carboxylic acids is 2. The summed E-state index contributed by atoms with van der Waals surface area (Å²) >= 11 is 0. The van der Waals surface area contributed by atoms with Gasteiger partial charge in [-0.3, -0.25) is 24.4 Å². The maximum atomic E-state index is 13.5. The van der Waals surface area contributed by atoms with Crippen LogP contribution < -0.4 is 21.8 Å². The number of hydrogen-bond donors (Lipinski definition) is 5. The van der Waals surface area contributed by atoms with Crippen molar-refractivity contribution in [2.75, 3.05) is 20.3 Å². The number of likely N-dealkylation sites (N-methyl/N-ethyl adjacent to an activating group) is 1. The van der Waals surface area contributed by atoms with Crippen molar-refractivity contribution in [1.29, 1.82) is 0 Å². The van der Waals surface area contributed by atoms with Crippen molar-refractivity contribution in [2.45, 2.75) is 59.6 Å². The van der Waals surface area contributed by atoms with Crippen LogP contribution in [0.3, 0.4) is 0 Å². The van der Waals surface area contributed by atoms with Gasteiger partial charge in [-0.1, -0.05) is 52.4 Å². The molecule has 0 saturated carbocycles. The van der Waals surface area contributed by atoms with Crippen LogP contribution >= 0.6 is 0 Å². The van der Waals surface area contributed by atoms with Crippen LogP contribution in [-0.2, 0) is 25.6 Å². The van der Waals surface area contributed by atoms with Gasteiger partial charge in [0.05, 0.1) is 25.2 Å². The van der Waals surface area contributed by atoms with Gasteiger partial charge in [0.1, 0.15) is 6.04 Å². The second-order valence-electron chi connectivity index (χ2n) is 10.4. The van der Waals surface area contributed by atoms with Crippen LogP contribution in [0, 0.1) is 17.3 Å². The highest BCUT2D eigenvalue weighted by Crippen LogP contribution is 2.24. The predicted molar refractivity (Wildman–Crippen MR) is 137 cm³/mol. The van der Waals surface area contributed by atoms with Gasteiger partial charge in [-0.2, -0.15) is 0 Å². The van der Waals surface area contributed by atoms with E-state index in [4.69, 9.17) is 14.8 Å². The fraction of sp³-hybridized carbons (Fsp3) is 0.577. The van der Waals surface area contributed by atoms with Gasteiger partial charge in [-0.15, -0.1) is 0 Å². The molecule has 2 rings (SSSR count). The Morgan fingerprint density at radius 1 is 1.11 bits per heavy atom. The minimum Gasteiger partial charge on any atom is -0.375 e. The highest BCUT2D eigenvalue weighted by molar-refractivity contribution is 5.89. The molecule has 0 fully saturated rings. The van der Waals surface area contributed by atoms with Crippen LogP contribution in [0.4, 0.5) is 0 Å². The van der Waals surface area contributed by atoms with Crippen molar-refractivity contribution in [2.24, 2.45) is 17.3 Å². The largest absolute Gasteiger partial charge is 0.375 e. The molecule has 0 spiro atoms. The first-order valence-electron chi connectivity index (χ1n) is 12.2. The Labute approximate surface area is 212 Å². The first-order chi connectivity index (χ1) is 17.0. The summed E-state index contributed by atoms with van der Waals surface area (Å²) in [6, 6.07) is 8.19. The lowest BCUT2D eigenvalue weighted by molar-refractivity contribution is -0.168. The van der Waals surface area contributed by atoms with Crippen LogP contribution in [0.25, 0.3) is 10.9 Å². The van der Waals surface area contributed by atoms with Gasteiger partial charge >= 0.3 is 0 Å². The topological polar surface area (TPSA) is 142 Å². The maximum absolute atomic E-state index is 13.5. The highest BCUT2D eigenvalue weighted by Gasteiger charge is 2.37. The van der Waals surface area contributed by atoms with Gasteiger partial charge < -0.3 is 20.4 Å². The molecular formula is C26H40N4O6. The van der Waals surface area contributed by atoms with Crippen LogP contribution in [0.2, 0.25) is 0 Å². The number of hydrogen-bond acceptors (Lipinski definition) is 7. The SMILES string of the molecule is CNC(=O)C(NC(=O)C(CC(C)C)C(CONO)OCCc1cccc2[nH]c(=O)ccc12)C(C)(C)C. The Bertz CT molecular complexity index is 1060. The Morgan fingerprint density at radius 3 is 2.44 bits per heavy atom. The summed E-state index contributed by atoms with van der Waals surface area (Å²) in [5, 5.41) is 15.4. The molecule has 3 atom stereocenters. The minimum absolute atomic E-state index is 0.0790. The lowest BCUT2D eigenvalue weighted by Gasteiger charge is -2.33. The van der Waals surface area contributed by atoms with Crippen LogP contribution in [0.5, 0.6) is 0 Å². The zero-order valence-corrected chi connectivity index (χ0v) is 22.0. The number of aromatic nitrogens is 1. The maximum Gasteiger partial charge on any atom is 0.248 e. The first-order valence-corrected chi connectivity index (χ1v) is 12.2. The Balaban J connectivity index is 2.22. The van der Waals surface area contributed by atoms with E-state index in [2.05, 4.69) is 15.6 Å². The summed E-state index contributed by atoms with van der Waals surface area (Å²) in [5.41, 5.74) is 2.72. The van der Waals surface area contributed by atoms with E-state index < -0.39 is 23.5 Å². The molecule has 10 heteroatoms. The zero-order chi connectivity index (χ0) is 26.9. The van der Waals surface area contributed by atoms with E-state index in [1.54, 1.807) is 11.7 Å². The lowest BCUT2D eigenvalue weighted by Crippen LogP contribution is -2.55. The molecule has 200 valence electrons. The Morgan fingerprint density at radius 2 is 1.83 bits per heavy atom. The molecule has 2 aromatic rings. The van der Waals surface area contributed by atoms with Crippen LogP contribution in [-0.4, -0.2) is 54.4 Å². The van der Waals surface area contributed by atoms with Gasteiger partial charge in [-0.05, 0) is 41.9 Å². The molecule has 5 N–H and O–H groups in total. The number of benzene rings is 1. The molecule has 0 radical (unpaired) electrons. The number of amides is 2. The molecule has 1 aromatic carbocycles. The summed E-state index contributed by atoms with van der Waals surface area (Å²) in [4.78, 5) is 45.4. The summed E-state index contributed by atoms with van der Waals surface area (Å²) in [7, 11) is 1.54. The summed E-state index contributed by atoms with van der Waals surface area (Å²) in [6.07, 6.45) is 0.337. The van der Waals surface area contributed by atoms with E-state index in [0.717, 1.165) is 16.5 Å². The number of H-pyrrole nitrogens is 1. The molecule has 0 aliphatic rings. The van der Waals surface area contributed by atoms with Crippen LogP contribution in [0.1, 0.15) is 46.6 Å². The summed E-state index contributed by atoms with van der Waals surface area (Å²) in [6.45, 7) is 9.85. The van der Waals surface area contributed by atoms with Gasteiger partial charge in [-0.25, -0.2) is 0 Å². The number of fused-ring (bicyclic) bond motifs is 1. The van der Waals surface area contributed by atoms with E-state index in [1.165, 1.54) is 13.1 Å². The molecule has 0 aliphatic heterocycles. The number of rotatable bonds is 13. The third-order valence-electron chi connectivity index (χ3n) is 6.04. The second-order valence-corrected chi connectivity index (χ2v) is 10.4. The third-order valence-corrected chi connectivity index (χ3v) is 6.04. The fourth-order valence-corrected chi connectivity index (χ4v) is 4.19. The van der Waals surface area contributed by atoms with Gasteiger partial charge in [0.2, 0.25) is 17.4 Å². The molecule has 0 saturated heterocycles. The first kappa shape index (κ1) is 29.4. The normalized spacial score (nSPS) is 14.4. The Kier molecular flexibility index (Phi) is 11.0. The summed E-state index contributed by atoms with van der Waals surface area (Å²) in [5.74, 6) is -1.06. The molecule has 0 bridgehead atoms. The molecule has 36 heavy (non-hydrogen) atoms. The van der Waals surface area contributed by atoms with E-state index in [-0.39, 0.29) is 36.5 Å². The average molecular weight is 505 g/mol. The van der Waals surface area contributed by atoms with E-state index in [1.807, 2.05) is 52.8 Å². The molecule has 0 aliphatic carbocycles. The van der Waals surface area contributed by atoms with Crippen molar-refractivity contribution in [3.05, 3.63) is 46.2 Å². The molecule has 3 unspecified atom stereocenters. The van der Waals surface area contributed by atoms with Crippen molar-refractivity contribution >= 4 is 22.7 Å². The zero-order valence-electron chi connectivity index (χ0n) is 22.0. The van der Waals surface area contributed by atoms with Crippen molar-refractivity contribution in [1.82, 2.24) is 21.3 Å². The van der Waals surface area contributed by atoms with E-state index >= 15 is 0 Å². The smallest absolute Gasteiger partial charge is 0.248 e. The molecule has 1 heterocycles. The van der Waals surface area contributed by atoms with Crippen molar-refractivity contribution in [3.8, 4) is 0 Å². The Hall–Kier alpha value is -2.79. The average Bonchev–Trinajstić information content (AvgIpc) is 2.81. The molecule has 1 aromatic heterocycles. The number of ether oxygens (including phenoxy) is 1. The number of carbonyl (C=O) groups is 2. The monoisotopic (exact) mass is 504 g/mol. The van der Waals surface area contributed by atoms with Crippen molar-refractivity contribution in [3.63, 3.8) is 0 Å². The third kappa shape index (κ3) is 8.41.